The van der Waals surface area contributed by atoms with Crippen LogP contribution in [-0.4, -0.2) is 23.9 Å². The molecule has 0 radical (unpaired) electrons. The number of carbonyl (C=O) groups is 1. The monoisotopic (exact) mass is 205 g/mol. The summed E-state index contributed by atoms with van der Waals surface area (Å²) in [7, 11) is 1.60. The maximum Gasteiger partial charge on any atom is 0.307 e. The molecule has 2 aliphatic rings. The van der Waals surface area contributed by atoms with Gasteiger partial charge >= 0.3 is 5.97 Å². The molecule has 0 saturated heterocycles. The molecule has 1 N–H and O–H groups in total. The Morgan fingerprint density at radius 2 is 2.47 bits per heavy atom. The molecule has 0 unspecified atom stereocenters. The summed E-state index contributed by atoms with van der Waals surface area (Å²) >= 11 is 0. The number of fused-ring (bicyclic) bond motifs is 1. The number of methoxy groups -OCH3 is 1. The number of carboxylic acids is 1. The molecule has 0 bridgehead atoms. The van der Waals surface area contributed by atoms with Gasteiger partial charge in [0, 0.05) is 18.2 Å². The molecule has 2 rings (SSSR count). The largest absolute Gasteiger partial charge is 0.497 e. The summed E-state index contributed by atoms with van der Waals surface area (Å²) in [5, 5.41) is 8.72. The minimum absolute atomic E-state index is 0.00975. The summed E-state index contributed by atoms with van der Waals surface area (Å²) in [6.07, 6.45) is 6.11. The average Bonchev–Trinajstić information content (AvgIpc) is 2.60. The summed E-state index contributed by atoms with van der Waals surface area (Å²) in [5.74, 6) is -0.0748. The highest BCUT2D eigenvalue weighted by atomic mass is 16.5. The highest BCUT2D eigenvalue weighted by molar-refractivity contribution is 6.09. The van der Waals surface area contributed by atoms with Crippen LogP contribution in [0.3, 0.4) is 0 Å². The Labute approximate surface area is 87.3 Å². The number of allylic oxidation sites excluding steroid dienone is 3. The fourth-order valence-electron chi connectivity index (χ4n) is 1.66. The van der Waals surface area contributed by atoms with E-state index in [1.165, 1.54) is 0 Å². The van der Waals surface area contributed by atoms with E-state index < -0.39 is 5.97 Å². The molecule has 1 aliphatic heterocycles. The Morgan fingerprint density at radius 3 is 3.13 bits per heavy atom. The molecule has 0 saturated carbocycles. The summed E-state index contributed by atoms with van der Waals surface area (Å²) in [6.45, 7) is 0. The predicted octanol–water partition coefficient (Wildman–Crippen LogP) is 1.66. The maximum atomic E-state index is 10.6. The lowest BCUT2D eigenvalue weighted by molar-refractivity contribution is -0.136. The van der Waals surface area contributed by atoms with Gasteiger partial charge in [0.25, 0.3) is 0 Å². The second-order valence-electron chi connectivity index (χ2n) is 3.37. The third-order valence-corrected chi connectivity index (χ3v) is 2.39. The van der Waals surface area contributed by atoms with Gasteiger partial charge in [-0.2, -0.15) is 0 Å². The minimum Gasteiger partial charge on any atom is -0.497 e. The van der Waals surface area contributed by atoms with E-state index in [0.717, 1.165) is 22.6 Å². The molecule has 4 heteroatoms. The summed E-state index contributed by atoms with van der Waals surface area (Å²) in [4.78, 5) is 14.8. The summed E-state index contributed by atoms with van der Waals surface area (Å²) in [5.41, 5.74) is 2.57. The van der Waals surface area contributed by atoms with Crippen molar-refractivity contribution in [2.45, 2.75) is 12.8 Å². The second kappa shape index (κ2) is 3.73. The summed E-state index contributed by atoms with van der Waals surface area (Å²) in [6, 6.07) is 0. The van der Waals surface area contributed by atoms with Gasteiger partial charge in [0.15, 0.2) is 0 Å². The van der Waals surface area contributed by atoms with E-state index in [0.29, 0.717) is 6.42 Å². The third-order valence-electron chi connectivity index (χ3n) is 2.39. The lowest BCUT2D eigenvalue weighted by Gasteiger charge is -2.12. The van der Waals surface area contributed by atoms with Gasteiger partial charge in [-0.1, -0.05) is 0 Å². The van der Waals surface area contributed by atoms with Crippen molar-refractivity contribution in [3.05, 3.63) is 35.3 Å². The Bertz CT molecular complexity index is 427. The van der Waals surface area contributed by atoms with E-state index in [9.17, 15) is 4.79 Å². The predicted molar refractivity (Wildman–Crippen MR) is 55.6 cm³/mol. The van der Waals surface area contributed by atoms with Gasteiger partial charge in [0.2, 0.25) is 0 Å². The SMILES string of the molecule is COC1=CCC2=NC=C(CC(=O)O)C2=C1. The smallest absolute Gasteiger partial charge is 0.307 e. The van der Waals surface area contributed by atoms with Gasteiger partial charge in [-0.15, -0.1) is 0 Å². The fraction of sp³-hybridized carbons (Fsp3) is 0.273. The molecule has 4 nitrogen and oxygen atoms in total. The molecular formula is C11H11NO3. The number of aliphatic imine (C=N–C) groups is 1. The molecule has 1 heterocycles. The zero-order valence-electron chi connectivity index (χ0n) is 8.36. The van der Waals surface area contributed by atoms with Crippen LogP contribution in [0.1, 0.15) is 12.8 Å². The van der Waals surface area contributed by atoms with E-state index in [-0.39, 0.29) is 6.42 Å². The number of ether oxygens (including phenoxy) is 1. The van der Waals surface area contributed by atoms with Crippen LogP contribution in [0.4, 0.5) is 0 Å². The molecule has 1 aliphatic carbocycles. The zero-order valence-corrected chi connectivity index (χ0v) is 8.36. The van der Waals surface area contributed by atoms with Gasteiger partial charge in [0.1, 0.15) is 5.76 Å². The summed E-state index contributed by atoms with van der Waals surface area (Å²) < 4.78 is 5.11. The van der Waals surface area contributed by atoms with Crippen molar-refractivity contribution in [3.8, 4) is 0 Å². The lowest BCUT2D eigenvalue weighted by atomic mass is 9.95. The minimum atomic E-state index is -0.841. The quantitative estimate of drug-likeness (QED) is 0.762. The van der Waals surface area contributed by atoms with Crippen molar-refractivity contribution < 1.29 is 14.6 Å². The van der Waals surface area contributed by atoms with Crippen molar-refractivity contribution in [1.29, 1.82) is 0 Å². The van der Waals surface area contributed by atoms with Crippen LogP contribution in [-0.2, 0) is 9.53 Å². The molecule has 0 atom stereocenters. The third kappa shape index (κ3) is 1.83. The lowest BCUT2D eigenvalue weighted by Crippen LogP contribution is -2.08. The van der Waals surface area contributed by atoms with Crippen LogP contribution in [0.15, 0.2) is 40.2 Å². The number of rotatable bonds is 3. The van der Waals surface area contributed by atoms with E-state index in [1.807, 2.05) is 12.2 Å². The van der Waals surface area contributed by atoms with E-state index in [2.05, 4.69) is 4.99 Å². The zero-order chi connectivity index (χ0) is 10.8. The first-order valence-corrected chi connectivity index (χ1v) is 4.65. The molecule has 15 heavy (non-hydrogen) atoms. The van der Waals surface area contributed by atoms with Crippen LogP contribution in [0.25, 0.3) is 0 Å². The van der Waals surface area contributed by atoms with E-state index in [1.54, 1.807) is 13.3 Å². The highest BCUT2D eigenvalue weighted by Crippen LogP contribution is 2.28. The molecule has 0 aromatic heterocycles. The van der Waals surface area contributed by atoms with Gasteiger partial charge in [0.05, 0.1) is 19.2 Å². The Hall–Kier alpha value is -1.84. The normalized spacial score (nSPS) is 18.5. The molecule has 0 fully saturated rings. The Balaban J connectivity index is 2.23. The van der Waals surface area contributed by atoms with Crippen molar-refractivity contribution in [2.24, 2.45) is 4.99 Å². The van der Waals surface area contributed by atoms with Crippen LogP contribution < -0.4 is 0 Å². The number of aliphatic carboxylic acids is 1. The number of nitrogens with zero attached hydrogens (tertiary/aromatic N) is 1. The van der Waals surface area contributed by atoms with Crippen LogP contribution in [0, 0.1) is 0 Å². The molecule has 78 valence electrons. The van der Waals surface area contributed by atoms with Gasteiger partial charge in [-0.3, -0.25) is 9.79 Å². The molecular weight excluding hydrogens is 194 g/mol. The number of hydrogen-bond acceptors (Lipinski definition) is 3. The van der Waals surface area contributed by atoms with Crippen molar-refractivity contribution in [1.82, 2.24) is 0 Å². The van der Waals surface area contributed by atoms with Crippen LogP contribution >= 0.6 is 0 Å². The number of carboxylic acid groups (broad SMARTS) is 1. The Kier molecular flexibility index (Phi) is 2.41. The average molecular weight is 205 g/mol. The standard InChI is InChI=1S/C11H11NO3/c1-15-8-2-3-10-9(5-8)7(6-12-10)4-11(13)14/h2,5-6H,3-4H2,1H3,(H,13,14). The van der Waals surface area contributed by atoms with E-state index in [4.69, 9.17) is 9.84 Å². The molecule has 0 amide bonds. The first kappa shape index (κ1) is 9.71. The molecule has 0 aromatic rings. The topological polar surface area (TPSA) is 58.9 Å². The second-order valence-corrected chi connectivity index (χ2v) is 3.37. The maximum absolute atomic E-state index is 10.6. The van der Waals surface area contributed by atoms with E-state index >= 15 is 0 Å². The van der Waals surface area contributed by atoms with Crippen LogP contribution in [0.5, 0.6) is 0 Å². The highest BCUT2D eigenvalue weighted by Gasteiger charge is 2.22. The fourth-order valence-corrected chi connectivity index (χ4v) is 1.66. The molecule has 0 spiro atoms. The Morgan fingerprint density at radius 1 is 1.67 bits per heavy atom. The first-order chi connectivity index (χ1) is 7.20. The van der Waals surface area contributed by atoms with Gasteiger partial charge < -0.3 is 9.84 Å². The van der Waals surface area contributed by atoms with Crippen molar-refractivity contribution in [2.75, 3.05) is 7.11 Å². The van der Waals surface area contributed by atoms with Crippen molar-refractivity contribution >= 4 is 11.7 Å². The van der Waals surface area contributed by atoms with Crippen LogP contribution in [0.2, 0.25) is 0 Å². The van der Waals surface area contributed by atoms with Gasteiger partial charge in [-0.05, 0) is 17.7 Å². The van der Waals surface area contributed by atoms with Crippen molar-refractivity contribution in [3.63, 3.8) is 0 Å². The number of hydrogen-bond donors (Lipinski definition) is 1. The van der Waals surface area contributed by atoms with Gasteiger partial charge in [-0.25, -0.2) is 0 Å². The molecule has 0 aromatic carbocycles. The first-order valence-electron chi connectivity index (χ1n) is 4.65.